The molecule has 0 atom stereocenters. The molecule has 3 aromatic carbocycles. The van der Waals surface area contributed by atoms with Crippen molar-refractivity contribution in [2.24, 2.45) is 0 Å². The molecule has 0 unspecified atom stereocenters. The van der Waals surface area contributed by atoms with Crippen LogP contribution in [0.1, 0.15) is 16.7 Å². The lowest BCUT2D eigenvalue weighted by Crippen LogP contribution is -2.35. The molecule has 1 heterocycles. The van der Waals surface area contributed by atoms with E-state index >= 15 is 0 Å². The molecule has 0 fully saturated rings. The number of nitrogens with one attached hydrogen (secondary N) is 1. The Labute approximate surface area is 178 Å². The van der Waals surface area contributed by atoms with E-state index in [-0.39, 0.29) is 12.1 Å². The molecule has 4 aromatic rings. The molecule has 4 nitrogen and oxygen atoms in total. The summed E-state index contributed by atoms with van der Waals surface area (Å²) in [5, 5.41) is 1.08. The van der Waals surface area contributed by atoms with Crippen LogP contribution in [0.2, 0.25) is 5.02 Å². The third-order valence-electron chi connectivity index (χ3n) is 4.86. The average Bonchev–Trinajstić information content (AvgIpc) is 2.75. The number of fused-ring (bicyclic) bond motifs is 1. The van der Waals surface area contributed by atoms with Crippen LogP contribution in [-0.2, 0) is 19.4 Å². The van der Waals surface area contributed by atoms with E-state index in [0.29, 0.717) is 28.8 Å². The Morgan fingerprint density at radius 3 is 2.50 bits per heavy atom. The monoisotopic (exact) mass is 414 g/mol. The first-order chi connectivity index (χ1) is 14.6. The quantitative estimate of drug-likeness (QED) is 0.509. The SMILES string of the molecule is O=c1[nH]c2ccc(C#CCc3ccccc3)cc2c(=O)n1CCc1cccc(Cl)c1. The second-order valence-corrected chi connectivity index (χ2v) is 7.43. The highest BCUT2D eigenvalue weighted by Crippen LogP contribution is 2.12. The summed E-state index contributed by atoms with van der Waals surface area (Å²) < 4.78 is 1.23. The van der Waals surface area contributed by atoms with Gasteiger partial charge in [-0.15, -0.1) is 0 Å². The topological polar surface area (TPSA) is 54.9 Å². The fourth-order valence-electron chi connectivity index (χ4n) is 3.31. The van der Waals surface area contributed by atoms with Gasteiger partial charge in [-0.2, -0.15) is 0 Å². The summed E-state index contributed by atoms with van der Waals surface area (Å²) in [7, 11) is 0. The van der Waals surface area contributed by atoms with Crippen molar-refractivity contribution in [1.29, 1.82) is 0 Å². The highest BCUT2D eigenvalue weighted by molar-refractivity contribution is 6.30. The maximum absolute atomic E-state index is 13.0. The van der Waals surface area contributed by atoms with E-state index in [1.54, 1.807) is 18.2 Å². The molecular formula is C25H19ClN2O2. The van der Waals surface area contributed by atoms with Crippen LogP contribution >= 0.6 is 11.6 Å². The van der Waals surface area contributed by atoms with E-state index in [1.807, 2.05) is 54.6 Å². The number of aromatic amines is 1. The number of hydrogen-bond acceptors (Lipinski definition) is 2. The van der Waals surface area contributed by atoms with E-state index < -0.39 is 5.69 Å². The molecule has 0 bridgehead atoms. The van der Waals surface area contributed by atoms with Crippen molar-refractivity contribution >= 4 is 22.5 Å². The van der Waals surface area contributed by atoms with Gasteiger partial charge in [0.15, 0.2) is 0 Å². The smallest absolute Gasteiger partial charge is 0.307 e. The molecule has 0 aliphatic heterocycles. The number of rotatable bonds is 4. The first-order valence-corrected chi connectivity index (χ1v) is 10.0. The van der Waals surface area contributed by atoms with Gasteiger partial charge in [0.25, 0.3) is 5.56 Å². The molecule has 0 aliphatic carbocycles. The number of halogens is 1. The molecule has 1 aromatic heterocycles. The number of aryl methyl sites for hydroxylation is 1. The second-order valence-electron chi connectivity index (χ2n) is 6.99. The zero-order chi connectivity index (χ0) is 20.9. The molecular weight excluding hydrogens is 396 g/mol. The zero-order valence-corrected chi connectivity index (χ0v) is 16.9. The Kier molecular flexibility index (Phi) is 5.83. The summed E-state index contributed by atoms with van der Waals surface area (Å²) in [4.78, 5) is 28.2. The van der Waals surface area contributed by atoms with Crippen molar-refractivity contribution in [1.82, 2.24) is 9.55 Å². The zero-order valence-electron chi connectivity index (χ0n) is 16.2. The predicted molar refractivity (Wildman–Crippen MR) is 121 cm³/mol. The summed E-state index contributed by atoms with van der Waals surface area (Å²) in [6, 6.07) is 22.7. The van der Waals surface area contributed by atoms with Crippen molar-refractivity contribution in [2.75, 3.05) is 0 Å². The van der Waals surface area contributed by atoms with Crippen LogP contribution in [0, 0.1) is 11.8 Å². The lowest BCUT2D eigenvalue weighted by atomic mass is 10.1. The highest BCUT2D eigenvalue weighted by Gasteiger charge is 2.08. The first kappa shape index (κ1) is 19.8. The predicted octanol–water partition coefficient (Wildman–Crippen LogP) is 4.18. The lowest BCUT2D eigenvalue weighted by molar-refractivity contribution is 0.636. The molecule has 0 saturated carbocycles. The van der Waals surface area contributed by atoms with E-state index in [0.717, 1.165) is 16.7 Å². The van der Waals surface area contributed by atoms with Crippen molar-refractivity contribution in [2.45, 2.75) is 19.4 Å². The van der Waals surface area contributed by atoms with E-state index in [4.69, 9.17) is 11.6 Å². The Morgan fingerprint density at radius 1 is 0.900 bits per heavy atom. The summed E-state index contributed by atoms with van der Waals surface area (Å²) in [5.41, 5.74) is 2.62. The normalized spacial score (nSPS) is 10.6. The number of hydrogen-bond donors (Lipinski definition) is 1. The average molecular weight is 415 g/mol. The Hall–Kier alpha value is -3.55. The largest absolute Gasteiger partial charge is 0.328 e. The van der Waals surface area contributed by atoms with Crippen LogP contribution in [0.25, 0.3) is 10.9 Å². The van der Waals surface area contributed by atoms with E-state index in [9.17, 15) is 9.59 Å². The number of aromatic nitrogens is 2. The minimum Gasteiger partial charge on any atom is -0.307 e. The second kappa shape index (κ2) is 8.86. The van der Waals surface area contributed by atoms with Crippen molar-refractivity contribution in [3.8, 4) is 11.8 Å². The van der Waals surface area contributed by atoms with Gasteiger partial charge in [-0.25, -0.2) is 4.79 Å². The molecule has 0 spiro atoms. The Morgan fingerprint density at radius 2 is 1.70 bits per heavy atom. The van der Waals surface area contributed by atoms with Crippen molar-refractivity contribution < 1.29 is 0 Å². The van der Waals surface area contributed by atoms with Crippen LogP contribution in [-0.4, -0.2) is 9.55 Å². The Balaban J connectivity index is 1.61. The number of benzene rings is 3. The third kappa shape index (κ3) is 4.53. The van der Waals surface area contributed by atoms with E-state index in [2.05, 4.69) is 16.8 Å². The third-order valence-corrected chi connectivity index (χ3v) is 5.10. The van der Waals surface area contributed by atoms with Gasteiger partial charge < -0.3 is 4.98 Å². The fraction of sp³-hybridized carbons (Fsp3) is 0.120. The van der Waals surface area contributed by atoms with E-state index in [1.165, 1.54) is 4.57 Å². The number of nitrogens with zero attached hydrogens (tertiary/aromatic N) is 1. The van der Waals surface area contributed by atoms with Gasteiger partial charge in [-0.05, 0) is 47.9 Å². The summed E-state index contributed by atoms with van der Waals surface area (Å²) >= 11 is 6.02. The van der Waals surface area contributed by atoms with Gasteiger partial charge in [0.05, 0.1) is 10.9 Å². The van der Waals surface area contributed by atoms with Gasteiger partial charge >= 0.3 is 5.69 Å². The maximum Gasteiger partial charge on any atom is 0.328 e. The summed E-state index contributed by atoms with van der Waals surface area (Å²) in [6.45, 7) is 0.272. The van der Waals surface area contributed by atoms with Crippen LogP contribution in [0.5, 0.6) is 0 Å². The van der Waals surface area contributed by atoms with Gasteiger partial charge in [0.1, 0.15) is 0 Å². The van der Waals surface area contributed by atoms with Gasteiger partial charge in [0.2, 0.25) is 0 Å². The minimum atomic E-state index is -0.419. The molecule has 5 heteroatoms. The van der Waals surface area contributed by atoms with Crippen LogP contribution in [0.4, 0.5) is 0 Å². The van der Waals surface area contributed by atoms with Gasteiger partial charge in [-0.1, -0.05) is 65.9 Å². The highest BCUT2D eigenvalue weighted by atomic mass is 35.5. The van der Waals surface area contributed by atoms with Gasteiger partial charge in [0, 0.05) is 23.6 Å². The fourth-order valence-corrected chi connectivity index (χ4v) is 3.52. The molecule has 148 valence electrons. The first-order valence-electron chi connectivity index (χ1n) is 9.64. The molecule has 0 radical (unpaired) electrons. The maximum atomic E-state index is 13.0. The van der Waals surface area contributed by atoms with Crippen LogP contribution in [0.15, 0.2) is 82.4 Å². The molecule has 0 amide bonds. The van der Waals surface area contributed by atoms with Crippen LogP contribution < -0.4 is 11.2 Å². The van der Waals surface area contributed by atoms with Gasteiger partial charge in [-0.3, -0.25) is 9.36 Å². The molecule has 0 aliphatic rings. The molecule has 4 rings (SSSR count). The minimum absolute atomic E-state index is 0.272. The summed E-state index contributed by atoms with van der Waals surface area (Å²) in [6.07, 6.45) is 1.17. The summed E-state index contributed by atoms with van der Waals surface area (Å²) in [5.74, 6) is 6.24. The standard InChI is InChI=1S/C25H19ClN2O2/c26-21-11-5-10-20(16-21)14-15-28-24(29)22-17-19(12-13-23(22)27-25(28)30)9-4-8-18-6-2-1-3-7-18/h1-3,5-7,10-13,16-17H,8,14-15H2,(H,27,30). The molecule has 30 heavy (non-hydrogen) atoms. The lowest BCUT2D eigenvalue weighted by Gasteiger charge is -2.07. The van der Waals surface area contributed by atoms with Crippen molar-refractivity contribution in [3.05, 3.63) is 115 Å². The number of H-pyrrole nitrogens is 1. The van der Waals surface area contributed by atoms with Crippen LogP contribution in [0.3, 0.4) is 0 Å². The Bertz CT molecular complexity index is 1380. The molecule has 1 N–H and O–H groups in total. The van der Waals surface area contributed by atoms with Crippen molar-refractivity contribution in [3.63, 3.8) is 0 Å². The molecule has 0 saturated heterocycles.